The first-order valence-corrected chi connectivity index (χ1v) is 11.7. The van der Waals surface area contributed by atoms with Crippen molar-refractivity contribution in [1.82, 2.24) is 0 Å². The van der Waals surface area contributed by atoms with Crippen molar-refractivity contribution >= 4 is 17.5 Å². The van der Waals surface area contributed by atoms with Crippen LogP contribution in [0.3, 0.4) is 0 Å². The number of fused-ring (bicyclic) bond motifs is 5. The van der Waals surface area contributed by atoms with Gasteiger partial charge in [0.05, 0.1) is 0 Å². The molecule has 0 heterocycles. The molecule has 0 radical (unpaired) electrons. The van der Waals surface area contributed by atoms with Gasteiger partial charge in [-0.1, -0.05) is 27.7 Å². The van der Waals surface area contributed by atoms with Crippen LogP contribution in [0.15, 0.2) is 11.6 Å². The van der Waals surface area contributed by atoms with Gasteiger partial charge in [-0.3, -0.25) is 14.4 Å². The normalized spacial score (nSPS) is 46.5. The Bertz CT molecular complexity index is 837. The molecular weight excluding hydrogens is 402 g/mol. The van der Waals surface area contributed by atoms with Crippen LogP contribution < -0.4 is 0 Å². The Morgan fingerprint density at radius 3 is 2.55 bits per heavy atom. The summed E-state index contributed by atoms with van der Waals surface area (Å²) >= 11 is 0. The molecule has 0 spiro atoms. The lowest BCUT2D eigenvalue weighted by Gasteiger charge is -2.59. The smallest absolute Gasteiger partial charge is 0.306 e. The maximum Gasteiger partial charge on any atom is 0.306 e. The fourth-order valence-electron chi connectivity index (χ4n) is 8.10. The zero-order valence-corrected chi connectivity index (χ0v) is 19.0. The predicted molar refractivity (Wildman–Crippen MR) is 112 cm³/mol. The monoisotopic (exact) mass is 436 g/mol. The maximum absolute atomic E-state index is 15.4. The first kappa shape index (κ1) is 22.6. The molecule has 0 aromatic heterocycles. The van der Waals surface area contributed by atoms with Gasteiger partial charge in [0.1, 0.15) is 6.17 Å². The molecule has 0 unspecified atom stereocenters. The molecule has 0 amide bonds. The van der Waals surface area contributed by atoms with Crippen molar-refractivity contribution in [2.24, 2.45) is 34.5 Å². The zero-order valence-electron chi connectivity index (χ0n) is 19.0. The highest BCUT2D eigenvalue weighted by molar-refractivity contribution is 5.93. The van der Waals surface area contributed by atoms with Gasteiger partial charge in [0.25, 0.3) is 0 Å². The lowest BCUT2D eigenvalue weighted by molar-refractivity contribution is -0.196. The van der Waals surface area contributed by atoms with Crippen LogP contribution in [0.5, 0.6) is 0 Å². The molecule has 172 valence electrons. The van der Waals surface area contributed by atoms with Gasteiger partial charge in [-0.05, 0) is 66.9 Å². The number of Topliss-reactive ketones (excluding diaryl/α,β-unsaturated/α-hetero) is 1. The summed E-state index contributed by atoms with van der Waals surface area (Å²) in [6.07, 6.45) is 3.87. The summed E-state index contributed by atoms with van der Waals surface area (Å²) in [4.78, 5) is 37.4. The number of halogens is 2. The van der Waals surface area contributed by atoms with Crippen LogP contribution in [0.4, 0.5) is 8.78 Å². The average Bonchev–Trinajstić information content (AvgIpc) is 2.96. The van der Waals surface area contributed by atoms with Gasteiger partial charge in [0, 0.05) is 24.2 Å². The Hall–Kier alpha value is -1.59. The number of rotatable bonds is 4. The molecule has 6 heteroatoms. The standard InChI is InChI=1S/C25H34F2O4/c1-5-22(30)31-25(21(29)13-26)14(2)10-18-16-12-20(27)19-11-15(28)6-8-23(19,3)17(16)7-9-24(18,25)4/h11,14,16-18,20H,5-10,12-13H2,1-4H3/t14-,16+,17-,18-,20-,23+,24-,25-/m0/s1. The molecule has 4 aliphatic rings. The van der Waals surface area contributed by atoms with E-state index < -0.39 is 35.6 Å². The summed E-state index contributed by atoms with van der Waals surface area (Å²) in [7, 11) is 0. The van der Waals surface area contributed by atoms with Crippen LogP contribution in [-0.4, -0.2) is 36.0 Å². The number of esters is 1. The molecule has 0 aromatic rings. The average molecular weight is 437 g/mol. The summed E-state index contributed by atoms with van der Waals surface area (Å²) in [5.41, 5.74) is -1.93. The summed E-state index contributed by atoms with van der Waals surface area (Å²) < 4.78 is 35.1. The van der Waals surface area contributed by atoms with E-state index in [-0.39, 0.29) is 41.3 Å². The topological polar surface area (TPSA) is 60.4 Å². The van der Waals surface area contributed by atoms with Crippen molar-refractivity contribution in [3.63, 3.8) is 0 Å². The minimum Gasteiger partial charge on any atom is -0.450 e. The van der Waals surface area contributed by atoms with E-state index in [1.54, 1.807) is 6.92 Å². The van der Waals surface area contributed by atoms with E-state index in [1.807, 2.05) is 13.8 Å². The van der Waals surface area contributed by atoms with Gasteiger partial charge in [0.2, 0.25) is 5.78 Å². The maximum atomic E-state index is 15.4. The second-order valence-electron chi connectivity index (χ2n) is 10.8. The van der Waals surface area contributed by atoms with Gasteiger partial charge in [0.15, 0.2) is 18.1 Å². The molecule has 8 atom stereocenters. The Labute approximate surface area is 183 Å². The Kier molecular flexibility index (Phi) is 5.45. The summed E-state index contributed by atoms with van der Waals surface area (Å²) in [5.74, 6) is -1.28. The van der Waals surface area contributed by atoms with Gasteiger partial charge < -0.3 is 4.74 Å². The van der Waals surface area contributed by atoms with Crippen molar-refractivity contribution in [2.75, 3.05) is 6.67 Å². The number of ketones is 2. The van der Waals surface area contributed by atoms with E-state index >= 15 is 4.39 Å². The van der Waals surface area contributed by atoms with Gasteiger partial charge in [-0.15, -0.1) is 0 Å². The first-order chi connectivity index (χ1) is 14.5. The number of allylic oxidation sites excluding steroid dienone is 1. The third-order valence-electron chi connectivity index (χ3n) is 9.58. The molecule has 31 heavy (non-hydrogen) atoms. The highest BCUT2D eigenvalue weighted by atomic mass is 19.1. The molecule has 0 aliphatic heterocycles. The van der Waals surface area contributed by atoms with Crippen LogP contribution in [0.25, 0.3) is 0 Å². The highest BCUT2D eigenvalue weighted by Crippen LogP contribution is 2.69. The van der Waals surface area contributed by atoms with E-state index in [9.17, 15) is 18.8 Å². The molecule has 0 N–H and O–H groups in total. The van der Waals surface area contributed by atoms with Crippen molar-refractivity contribution in [3.8, 4) is 0 Å². The Morgan fingerprint density at radius 1 is 1.19 bits per heavy atom. The van der Waals surface area contributed by atoms with Crippen molar-refractivity contribution in [2.45, 2.75) is 84.4 Å². The second-order valence-corrected chi connectivity index (χ2v) is 10.8. The largest absolute Gasteiger partial charge is 0.450 e. The van der Waals surface area contributed by atoms with Crippen molar-refractivity contribution < 1.29 is 27.9 Å². The van der Waals surface area contributed by atoms with Crippen LogP contribution in [0.2, 0.25) is 0 Å². The second kappa shape index (κ2) is 7.48. The quantitative estimate of drug-likeness (QED) is 0.586. The molecule has 0 bridgehead atoms. The van der Waals surface area contributed by atoms with Crippen molar-refractivity contribution in [3.05, 3.63) is 11.6 Å². The van der Waals surface area contributed by atoms with Gasteiger partial charge in [-0.2, -0.15) is 0 Å². The summed E-state index contributed by atoms with van der Waals surface area (Å²) in [6, 6.07) is 0. The van der Waals surface area contributed by atoms with Gasteiger partial charge in [-0.25, -0.2) is 8.78 Å². The summed E-state index contributed by atoms with van der Waals surface area (Å²) in [6.45, 7) is 6.42. The molecule has 4 rings (SSSR count). The van der Waals surface area contributed by atoms with Crippen LogP contribution in [-0.2, 0) is 19.1 Å². The summed E-state index contributed by atoms with van der Waals surface area (Å²) in [5, 5.41) is 0. The lowest BCUT2D eigenvalue weighted by atomic mass is 9.46. The molecule has 3 saturated carbocycles. The molecule has 0 aromatic carbocycles. The Morgan fingerprint density at radius 2 is 1.90 bits per heavy atom. The third kappa shape index (κ3) is 2.92. The van der Waals surface area contributed by atoms with Crippen LogP contribution in [0, 0.1) is 34.5 Å². The van der Waals surface area contributed by atoms with Gasteiger partial charge >= 0.3 is 5.97 Å². The molecule has 4 aliphatic carbocycles. The third-order valence-corrected chi connectivity index (χ3v) is 9.58. The molecular formula is C25H34F2O4. The molecule has 4 nitrogen and oxygen atoms in total. The number of hydrogen-bond donors (Lipinski definition) is 0. The fourth-order valence-corrected chi connectivity index (χ4v) is 8.10. The minimum absolute atomic E-state index is 0.00255. The zero-order chi connectivity index (χ0) is 22.8. The SMILES string of the molecule is CCC(=O)O[C@]1(C(=O)CF)[C@@H](C)C[C@H]2[C@@H]3C[C@H](F)C4=CC(=O)CC[C@]4(C)[C@H]3CC[C@@]21C. The minimum atomic E-state index is -1.49. The molecule has 0 saturated heterocycles. The number of carbonyl (C=O) groups excluding carboxylic acids is 3. The van der Waals surface area contributed by atoms with E-state index in [2.05, 4.69) is 6.92 Å². The number of ether oxygens (including phenoxy) is 1. The highest BCUT2D eigenvalue weighted by Gasteiger charge is 2.71. The lowest BCUT2D eigenvalue weighted by Crippen LogP contribution is -2.61. The van der Waals surface area contributed by atoms with Crippen LogP contribution >= 0.6 is 0 Å². The number of carbonyl (C=O) groups is 3. The van der Waals surface area contributed by atoms with Crippen molar-refractivity contribution in [1.29, 1.82) is 0 Å². The number of alkyl halides is 2. The van der Waals surface area contributed by atoms with E-state index in [0.717, 1.165) is 6.42 Å². The van der Waals surface area contributed by atoms with E-state index in [4.69, 9.17) is 4.74 Å². The van der Waals surface area contributed by atoms with E-state index in [0.29, 0.717) is 37.7 Å². The Balaban J connectivity index is 1.77. The number of hydrogen-bond acceptors (Lipinski definition) is 4. The predicted octanol–water partition coefficient (Wildman–Crippen LogP) is 4.94. The molecule has 3 fully saturated rings. The fraction of sp³-hybridized carbons (Fsp3) is 0.800. The first-order valence-electron chi connectivity index (χ1n) is 11.7. The van der Waals surface area contributed by atoms with Crippen LogP contribution in [0.1, 0.15) is 72.6 Å². The van der Waals surface area contributed by atoms with E-state index in [1.165, 1.54) is 6.08 Å².